The zero-order chi connectivity index (χ0) is 41.0. The van der Waals surface area contributed by atoms with E-state index in [1.807, 2.05) is 80.7 Å². The third kappa shape index (κ3) is 7.28. The summed E-state index contributed by atoms with van der Waals surface area (Å²) < 4.78 is 50.6. The van der Waals surface area contributed by atoms with Gasteiger partial charge in [0.1, 0.15) is 11.3 Å². The normalized spacial score (nSPS) is 13.1. The van der Waals surface area contributed by atoms with Crippen LogP contribution in [-0.2, 0) is 20.1 Å². The molecule has 1 radical (unpaired) electrons. The molecule has 5 nitrogen and oxygen atoms in total. The van der Waals surface area contributed by atoms with Crippen molar-refractivity contribution in [3.63, 3.8) is 0 Å². The van der Waals surface area contributed by atoms with Crippen LogP contribution in [0, 0.1) is 19.0 Å². The molecule has 0 saturated carbocycles. The molecule has 0 aliphatic carbocycles. The van der Waals surface area contributed by atoms with Gasteiger partial charge in [0.05, 0.1) is 20.8 Å². The molecular formula is C48H42IrN2O3Si-2. The fourth-order valence-corrected chi connectivity index (χ4v) is 8.55. The number of rotatable bonds is 6. The number of ether oxygens (including phenoxy) is 1. The Labute approximate surface area is 342 Å². The minimum absolute atomic E-state index is 0. The molecule has 9 aromatic rings. The van der Waals surface area contributed by atoms with E-state index in [4.69, 9.17) is 24.0 Å². The maximum Gasteiger partial charge on any atom is 0.177 e. The number of pyridine rings is 2. The van der Waals surface area contributed by atoms with Crippen molar-refractivity contribution < 1.29 is 39.2 Å². The molecule has 7 heteroatoms. The van der Waals surface area contributed by atoms with E-state index in [0.717, 1.165) is 38.7 Å². The molecule has 0 saturated heterocycles. The third-order valence-electron chi connectivity index (χ3n) is 9.72. The van der Waals surface area contributed by atoms with Crippen molar-refractivity contribution in [1.29, 1.82) is 0 Å². The number of hydrogen-bond donors (Lipinski definition) is 0. The molecule has 0 fully saturated rings. The monoisotopic (exact) mass is 919 g/mol. The van der Waals surface area contributed by atoms with E-state index in [-0.39, 0.29) is 25.7 Å². The molecule has 0 aliphatic heterocycles. The summed E-state index contributed by atoms with van der Waals surface area (Å²) in [6.07, 6.45) is 3.63. The number of furan rings is 2. The summed E-state index contributed by atoms with van der Waals surface area (Å²) in [6.45, 7) is 8.50. The van der Waals surface area contributed by atoms with Gasteiger partial charge in [-0.2, -0.15) is 0 Å². The summed E-state index contributed by atoms with van der Waals surface area (Å²) >= 11 is 0. The molecule has 5 aromatic carbocycles. The van der Waals surface area contributed by atoms with Gasteiger partial charge in [-0.3, -0.25) is 0 Å². The first-order valence-corrected chi connectivity index (χ1v) is 21.4. The summed E-state index contributed by atoms with van der Waals surface area (Å²) in [4.78, 5) is 9.18. The van der Waals surface area contributed by atoms with Crippen molar-refractivity contribution in [2.24, 2.45) is 0 Å². The predicted molar refractivity (Wildman–Crippen MR) is 225 cm³/mol. The molecule has 0 amide bonds. The molecule has 0 aliphatic rings. The van der Waals surface area contributed by atoms with Crippen molar-refractivity contribution >= 4 is 57.1 Å². The van der Waals surface area contributed by atoms with Crippen LogP contribution in [0.1, 0.15) is 36.4 Å². The molecule has 0 atom stereocenters. The van der Waals surface area contributed by atoms with Crippen molar-refractivity contribution in [3.8, 4) is 39.4 Å². The molecule has 4 aromatic heterocycles. The number of methoxy groups -OCH3 is 1. The second-order valence-electron chi connectivity index (χ2n) is 14.6. The maximum atomic E-state index is 8.61. The summed E-state index contributed by atoms with van der Waals surface area (Å²) in [5.41, 5.74) is 8.83. The number of para-hydroxylation sites is 1. The van der Waals surface area contributed by atoms with Gasteiger partial charge in [-0.1, -0.05) is 118 Å². The van der Waals surface area contributed by atoms with Crippen molar-refractivity contribution in [2.75, 3.05) is 7.11 Å². The van der Waals surface area contributed by atoms with Crippen molar-refractivity contribution in [3.05, 3.63) is 145 Å². The SMILES string of the molecule is [2H]C(C)(C)c1cc(-c2[c-]ccc(-c3ccccc3)c2)ncc1[Si](C)(C)C.[2H]C([2H])([2H])c1c[c-]c(-c2cc(OC)ccn2)c2oc3c(ccc4c5ccccc5oc43)c12.[Ir]. The second-order valence-corrected chi connectivity index (χ2v) is 19.6. The maximum absolute atomic E-state index is 8.61. The minimum atomic E-state index is -2.34. The van der Waals surface area contributed by atoms with Crippen LogP contribution in [0.5, 0.6) is 5.75 Å². The zero-order valence-corrected chi connectivity index (χ0v) is 34.9. The fraction of sp³-hybridized carbons (Fsp3) is 0.167. The van der Waals surface area contributed by atoms with Gasteiger partial charge >= 0.3 is 0 Å². The van der Waals surface area contributed by atoms with E-state index >= 15 is 0 Å². The molecule has 55 heavy (non-hydrogen) atoms. The summed E-state index contributed by atoms with van der Waals surface area (Å²) in [5, 5.41) is 4.34. The molecule has 0 spiro atoms. The third-order valence-corrected chi connectivity index (χ3v) is 11.7. The Morgan fingerprint density at radius 1 is 0.764 bits per heavy atom. The average molecular weight is 919 g/mol. The molecule has 9 rings (SSSR count). The Morgan fingerprint density at radius 2 is 1.53 bits per heavy atom. The predicted octanol–water partition coefficient (Wildman–Crippen LogP) is 12.5. The Bertz CT molecular complexity index is 2970. The molecule has 0 bridgehead atoms. The van der Waals surface area contributed by atoms with E-state index < -0.39 is 20.8 Å². The van der Waals surface area contributed by atoms with Gasteiger partial charge < -0.3 is 23.5 Å². The second kappa shape index (κ2) is 15.4. The van der Waals surface area contributed by atoms with Gasteiger partial charge in [0.25, 0.3) is 0 Å². The van der Waals surface area contributed by atoms with Crippen LogP contribution >= 0.6 is 0 Å². The smallest absolute Gasteiger partial charge is 0.177 e. The topological polar surface area (TPSA) is 61.3 Å². The van der Waals surface area contributed by atoms with Crippen LogP contribution in [0.25, 0.3) is 77.5 Å². The van der Waals surface area contributed by atoms with Crippen molar-refractivity contribution in [1.82, 2.24) is 9.97 Å². The van der Waals surface area contributed by atoms with Crippen LogP contribution in [0.2, 0.25) is 19.6 Å². The molecule has 0 N–H and O–H groups in total. The average Bonchev–Trinajstić information content (AvgIpc) is 3.79. The first kappa shape index (κ1) is 33.0. The number of fused-ring (bicyclic) bond motifs is 7. The molecule has 0 unspecified atom stereocenters. The first-order chi connectivity index (χ1) is 27.6. The van der Waals surface area contributed by atoms with E-state index in [1.165, 1.54) is 16.8 Å². The van der Waals surface area contributed by atoms with Gasteiger partial charge in [-0.25, -0.2) is 0 Å². The zero-order valence-electron chi connectivity index (χ0n) is 35.5. The largest absolute Gasteiger partial charge is 0.497 e. The Balaban J connectivity index is 0.000000180. The number of aromatic nitrogens is 2. The van der Waals surface area contributed by atoms with Crippen LogP contribution in [0.3, 0.4) is 0 Å². The molecular weight excluding hydrogens is 873 g/mol. The fourth-order valence-electron chi connectivity index (χ4n) is 6.97. The van der Waals surface area contributed by atoms with Crippen molar-refractivity contribution in [2.45, 2.75) is 46.2 Å². The van der Waals surface area contributed by atoms with Gasteiger partial charge in [-0.05, 0) is 52.3 Å². The number of hydrogen-bond acceptors (Lipinski definition) is 5. The van der Waals surface area contributed by atoms with Crippen LogP contribution in [-0.4, -0.2) is 25.2 Å². The quantitative estimate of drug-likeness (QED) is 0.123. The first-order valence-electron chi connectivity index (χ1n) is 19.9. The van der Waals surface area contributed by atoms with Gasteiger partial charge in [0.15, 0.2) is 11.2 Å². The van der Waals surface area contributed by atoms with E-state index in [9.17, 15) is 0 Å². The number of aryl methyl sites for hydroxylation is 1. The Kier molecular flexibility index (Phi) is 9.27. The van der Waals surface area contributed by atoms with E-state index in [2.05, 4.69) is 67.1 Å². The summed E-state index contributed by atoms with van der Waals surface area (Å²) in [6, 6.07) is 41.6. The van der Waals surface area contributed by atoms with Crippen LogP contribution < -0.4 is 9.92 Å². The molecule has 277 valence electrons. The van der Waals surface area contributed by atoms with Gasteiger partial charge in [-0.15, -0.1) is 53.1 Å². The number of benzene rings is 5. The van der Waals surface area contributed by atoms with E-state index in [0.29, 0.717) is 44.5 Å². The van der Waals surface area contributed by atoms with Crippen LogP contribution in [0.15, 0.2) is 130 Å². The summed E-state index contributed by atoms with van der Waals surface area (Å²) in [7, 11) is 0.0112. The minimum Gasteiger partial charge on any atom is -0.497 e. The standard InChI is InChI=1S/C25H16NO3.C23H26NSi.Ir/c1-14-7-8-18(20-13-15(27-2)11-12-26-20)23-22(14)19-10-9-17-16-5-3-4-6-21(16)28-24(17)25(19)29-23;1-17(2)21-15-22(24-16-23(21)25(3,4)5)20-13-9-12-19(14-20)18-10-7-6-8-11-18;/h3-7,9-13H,1-2H3;6-12,14-17H,1-5H3;/q2*-1;/i1D3;17D;. The Morgan fingerprint density at radius 3 is 2.29 bits per heavy atom. The Hall–Kier alpha value is -5.33. The van der Waals surface area contributed by atoms with Gasteiger partial charge in [0.2, 0.25) is 0 Å². The van der Waals surface area contributed by atoms with Gasteiger partial charge in [0, 0.05) is 54.1 Å². The molecule has 4 heterocycles. The van der Waals surface area contributed by atoms with Crippen LogP contribution in [0.4, 0.5) is 0 Å². The summed E-state index contributed by atoms with van der Waals surface area (Å²) in [5.74, 6) is -0.0168. The van der Waals surface area contributed by atoms with E-state index in [1.54, 1.807) is 25.4 Å². The number of nitrogens with zero attached hydrogens (tertiary/aromatic N) is 2.